The molecule has 3 heterocycles. The Morgan fingerprint density at radius 1 is 1.09 bits per heavy atom. The molecule has 0 bridgehead atoms. The number of nitrogens with one attached hydrogen (secondary N) is 1. The predicted molar refractivity (Wildman–Crippen MR) is 128 cm³/mol. The third kappa shape index (κ3) is 4.49. The molecule has 0 saturated heterocycles. The normalized spacial score (nSPS) is 14.0. The summed E-state index contributed by atoms with van der Waals surface area (Å²) in [5, 5.41) is 18.8. The third-order valence-corrected chi connectivity index (χ3v) is 6.52. The lowest BCUT2D eigenvalue weighted by Crippen LogP contribution is -2.25. The maximum atomic E-state index is 12.5. The van der Waals surface area contributed by atoms with Gasteiger partial charge in [-0.1, -0.05) is 20.8 Å². The monoisotopic (exact) mass is 474 g/mol. The van der Waals surface area contributed by atoms with Gasteiger partial charge in [0.1, 0.15) is 23.3 Å². The average molecular weight is 475 g/mol. The van der Waals surface area contributed by atoms with E-state index in [0.29, 0.717) is 40.4 Å². The molecule has 34 heavy (non-hydrogen) atoms. The number of benzene rings is 1. The Morgan fingerprint density at radius 2 is 1.82 bits per heavy atom. The van der Waals surface area contributed by atoms with Crippen molar-refractivity contribution in [3.63, 3.8) is 0 Å². The molecule has 0 fully saturated rings. The minimum Gasteiger partial charge on any atom is -0.457 e. The maximum Gasteiger partial charge on any atom is 0.325 e. The van der Waals surface area contributed by atoms with Gasteiger partial charge in [-0.2, -0.15) is 18.9 Å². The Kier molecular flexibility index (Phi) is 5.64. The molecule has 0 amide bonds. The SMILES string of the molecule is CN1c2nc(-c3cc(Oc4ccnc(C#N)c4)ccc3C#N)cc(CC(C)(C)C)c2NS1(=O)=O. The fourth-order valence-corrected chi connectivity index (χ4v) is 4.63. The van der Waals surface area contributed by atoms with E-state index >= 15 is 0 Å². The molecular weight excluding hydrogens is 452 g/mol. The number of hydrogen-bond donors (Lipinski definition) is 1. The van der Waals surface area contributed by atoms with Crippen molar-refractivity contribution < 1.29 is 13.2 Å². The minimum atomic E-state index is -3.73. The third-order valence-electron chi connectivity index (χ3n) is 5.16. The number of nitrogens with zero attached hydrogens (tertiary/aromatic N) is 5. The maximum absolute atomic E-state index is 12.5. The number of pyridine rings is 2. The van der Waals surface area contributed by atoms with Crippen molar-refractivity contribution in [2.45, 2.75) is 27.2 Å². The van der Waals surface area contributed by atoms with E-state index in [-0.39, 0.29) is 16.9 Å². The van der Waals surface area contributed by atoms with Crippen LogP contribution in [0, 0.1) is 28.1 Å². The highest BCUT2D eigenvalue weighted by Gasteiger charge is 2.34. The summed E-state index contributed by atoms with van der Waals surface area (Å²) >= 11 is 0. The van der Waals surface area contributed by atoms with E-state index in [0.717, 1.165) is 9.87 Å². The molecule has 0 atom stereocenters. The summed E-state index contributed by atoms with van der Waals surface area (Å²) < 4.78 is 34.6. The van der Waals surface area contributed by atoms with Crippen molar-refractivity contribution in [3.05, 3.63) is 59.4 Å². The molecule has 1 aliphatic heterocycles. The smallest absolute Gasteiger partial charge is 0.325 e. The van der Waals surface area contributed by atoms with E-state index in [9.17, 15) is 13.7 Å². The van der Waals surface area contributed by atoms with Gasteiger partial charge in [0.15, 0.2) is 5.82 Å². The summed E-state index contributed by atoms with van der Waals surface area (Å²) in [5.74, 6) is 1.13. The van der Waals surface area contributed by atoms with E-state index in [1.54, 1.807) is 24.3 Å². The first kappa shape index (κ1) is 23.0. The Labute approximate surface area is 198 Å². The van der Waals surface area contributed by atoms with E-state index in [1.807, 2.05) is 12.1 Å². The molecule has 0 spiro atoms. The molecule has 1 aromatic carbocycles. The molecule has 0 saturated carbocycles. The highest BCUT2D eigenvalue weighted by molar-refractivity contribution is 7.94. The van der Waals surface area contributed by atoms with Crippen molar-refractivity contribution in [1.29, 1.82) is 10.5 Å². The van der Waals surface area contributed by atoms with Crippen LogP contribution >= 0.6 is 0 Å². The molecular formula is C24H22N6O3S. The second-order valence-electron chi connectivity index (χ2n) is 9.09. The number of aromatic nitrogens is 2. The van der Waals surface area contributed by atoms with Gasteiger partial charge in [0.25, 0.3) is 0 Å². The van der Waals surface area contributed by atoms with Crippen molar-refractivity contribution >= 4 is 21.7 Å². The van der Waals surface area contributed by atoms with E-state index in [2.05, 4.69) is 41.5 Å². The first-order chi connectivity index (χ1) is 16.0. The van der Waals surface area contributed by atoms with Gasteiger partial charge in [-0.25, -0.2) is 14.3 Å². The van der Waals surface area contributed by atoms with Crippen molar-refractivity contribution in [2.75, 3.05) is 16.1 Å². The Morgan fingerprint density at radius 3 is 2.50 bits per heavy atom. The minimum absolute atomic E-state index is 0.123. The van der Waals surface area contributed by atoms with Gasteiger partial charge in [0, 0.05) is 24.9 Å². The fourth-order valence-electron chi connectivity index (χ4n) is 3.65. The largest absolute Gasteiger partial charge is 0.457 e. The van der Waals surface area contributed by atoms with Crippen LogP contribution in [0.1, 0.15) is 37.6 Å². The molecule has 4 rings (SSSR count). The second kappa shape index (κ2) is 8.32. The lowest BCUT2D eigenvalue weighted by molar-refractivity contribution is 0.412. The number of anilines is 2. The standard InChI is InChI=1S/C24H22N6O3S/c1-24(2,3)12-16-9-21(28-23-22(16)29-34(31,32)30(23)4)20-11-18(6-5-15(20)13-25)33-19-7-8-27-17(10-19)14-26/h5-11,29H,12H2,1-4H3. The van der Waals surface area contributed by atoms with Crippen LogP contribution in [0.25, 0.3) is 11.3 Å². The Hall–Kier alpha value is -4.15. The van der Waals surface area contributed by atoms with Crippen LogP contribution in [0.4, 0.5) is 11.5 Å². The molecule has 9 nitrogen and oxygen atoms in total. The molecule has 2 aromatic heterocycles. The van der Waals surface area contributed by atoms with Gasteiger partial charge >= 0.3 is 10.2 Å². The zero-order chi connectivity index (χ0) is 24.7. The van der Waals surface area contributed by atoms with Crippen molar-refractivity contribution in [2.24, 2.45) is 5.41 Å². The van der Waals surface area contributed by atoms with Crippen LogP contribution in [0.15, 0.2) is 42.6 Å². The van der Waals surface area contributed by atoms with Crippen LogP contribution in [0.5, 0.6) is 11.5 Å². The predicted octanol–water partition coefficient (Wildman–Crippen LogP) is 4.37. The Balaban J connectivity index is 1.84. The summed E-state index contributed by atoms with van der Waals surface area (Å²) in [4.78, 5) is 8.53. The number of nitriles is 2. The van der Waals surface area contributed by atoms with Gasteiger partial charge in [0.2, 0.25) is 0 Å². The lowest BCUT2D eigenvalue weighted by atomic mass is 9.87. The highest BCUT2D eigenvalue weighted by atomic mass is 32.2. The second-order valence-corrected chi connectivity index (χ2v) is 10.8. The van der Waals surface area contributed by atoms with Crippen LogP contribution < -0.4 is 13.8 Å². The topological polar surface area (TPSA) is 132 Å². The summed E-state index contributed by atoms with van der Waals surface area (Å²) in [7, 11) is -2.30. The van der Waals surface area contributed by atoms with Gasteiger partial charge in [-0.3, -0.25) is 4.72 Å². The van der Waals surface area contributed by atoms with Crippen LogP contribution in [0.2, 0.25) is 0 Å². The van der Waals surface area contributed by atoms with Crippen molar-refractivity contribution in [3.8, 4) is 34.9 Å². The molecule has 3 aromatic rings. The summed E-state index contributed by atoms with van der Waals surface area (Å²) in [6.07, 6.45) is 2.07. The first-order valence-electron chi connectivity index (χ1n) is 10.4. The molecule has 0 aliphatic carbocycles. The lowest BCUT2D eigenvalue weighted by Gasteiger charge is -2.20. The zero-order valence-corrected chi connectivity index (χ0v) is 19.9. The summed E-state index contributed by atoms with van der Waals surface area (Å²) in [6.45, 7) is 6.18. The Bertz CT molecular complexity index is 1480. The van der Waals surface area contributed by atoms with E-state index in [1.165, 1.54) is 19.3 Å². The molecule has 10 heteroatoms. The number of hydrogen-bond acceptors (Lipinski definition) is 7. The number of fused-ring (bicyclic) bond motifs is 1. The first-order valence-corrected chi connectivity index (χ1v) is 11.8. The van der Waals surface area contributed by atoms with Gasteiger partial charge < -0.3 is 4.74 Å². The van der Waals surface area contributed by atoms with Gasteiger partial charge in [-0.05, 0) is 47.7 Å². The van der Waals surface area contributed by atoms with Crippen LogP contribution in [0.3, 0.4) is 0 Å². The van der Waals surface area contributed by atoms with Crippen LogP contribution in [-0.4, -0.2) is 25.4 Å². The zero-order valence-electron chi connectivity index (χ0n) is 19.1. The van der Waals surface area contributed by atoms with Crippen LogP contribution in [-0.2, 0) is 16.6 Å². The molecule has 1 N–H and O–H groups in total. The number of rotatable bonds is 4. The van der Waals surface area contributed by atoms with E-state index < -0.39 is 10.2 Å². The molecule has 172 valence electrons. The average Bonchev–Trinajstić information content (AvgIpc) is 3.02. The highest BCUT2D eigenvalue weighted by Crippen LogP contribution is 2.41. The summed E-state index contributed by atoms with van der Waals surface area (Å²) in [6, 6.07) is 14.0. The van der Waals surface area contributed by atoms with Crippen molar-refractivity contribution in [1.82, 2.24) is 9.97 Å². The van der Waals surface area contributed by atoms with E-state index in [4.69, 9.17) is 10.00 Å². The van der Waals surface area contributed by atoms with Gasteiger partial charge in [-0.15, -0.1) is 0 Å². The molecule has 0 unspecified atom stereocenters. The quantitative estimate of drug-likeness (QED) is 0.593. The molecule has 0 radical (unpaired) electrons. The number of ether oxygens (including phenoxy) is 1. The fraction of sp³-hybridized carbons (Fsp3) is 0.250. The van der Waals surface area contributed by atoms with Gasteiger partial charge in [0.05, 0.1) is 23.0 Å². The molecule has 1 aliphatic rings. The summed E-state index contributed by atoms with van der Waals surface area (Å²) in [5.41, 5.74) is 2.65.